The van der Waals surface area contributed by atoms with Gasteiger partial charge in [0, 0.05) is 25.5 Å². The van der Waals surface area contributed by atoms with Crippen LogP contribution < -0.4 is 5.32 Å². The van der Waals surface area contributed by atoms with Crippen LogP contribution in [0.2, 0.25) is 0 Å². The Morgan fingerprint density at radius 3 is 3.17 bits per heavy atom. The molecule has 0 fully saturated rings. The first-order chi connectivity index (χ1) is 5.83. The van der Waals surface area contributed by atoms with E-state index in [1.165, 1.54) is 0 Å². The van der Waals surface area contributed by atoms with E-state index in [1.54, 1.807) is 13.3 Å². The van der Waals surface area contributed by atoms with Crippen LogP contribution >= 0.6 is 0 Å². The second kappa shape index (κ2) is 4.90. The molecule has 0 unspecified atom stereocenters. The number of aromatic nitrogens is 2. The Morgan fingerprint density at radius 2 is 2.58 bits per heavy atom. The van der Waals surface area contributed by atoms with E-state index in [9.17, 15) is 0 Å². The molecule has 0 aliphatic rings. The Bertz CT molecular complexity index is 198. The van der Waals surface area contributed by atoms with Crippen LogP contribution in [0.25, 0.3) is 0 Å². The molecule has 4 heteroatoms. The highest BCUT2D eigenvalue weighted by molar-refractivity contribution is 4.86. The van der Waals surface area contributed by atoms with Gasteiger partial charge in [0.15, 0.2) is 0 Å². The zero-order chi connectivity index (χ0) is 8.81. The third-order valence-corrected chi connectivity index (χ3v) is 1.59. The standard InChI is InChI=1S/C8H15N3O/c1-7(6-12-2)11-5-8-9-3-4-10-8/h3-4,7,11H,5-6H2,1-2H3,(H,9,10)/t7-/m0/s1. The molecule has 2 N–H and O–H groups in total. The number of aromatic amines is 1. The monoisotopic (exact) mass is 169 g/mol. The SMILES string of the molecule is COC[C@H](C)NCc1ncc[nH]1. The minimum absolute atomic E-state index is 0.361. The molecule has 12 heavy (non-hydrogen) atoms. The molecule has 0 aliphatic heterocycles. The van der Waals surface area contributed by atoms with Crippen molar-refractivity contribution in [3.8, 4) is 0 Å². The summed E-state index contributed by atoms with van der Waals surface area (Å²) < 4.78 is 4.98. The number of hydrogen-bond acceptors (Lipinski definition) is 3. The third-order valence-electron chi connectivity index (χ3n) is 1.59. The van der Waals surface area contributed by atoms with Gasteiger partial charge in [0.1, 0.15) is 5.82 Å². The lowest BCUT2D eigenvalue weighted by Crippen LogP contribution is -2.29. The van der Waals surface area contributed by atoms with E-state index in [0.717, 1.165) is 19.0 Å². The molecule has 0 saturated carbocycles. The second-order valence-corrected chi connectivity index (χ2v) is 2.77. The normalized spacial score (nSPS) is 13.2. The maximum atomic E-state index is 4.98. The van der Waals surface area contributed by atoms with Crippen LogP contribution in [-0.2, 0) is 11.3 Å². The predicted octanol–water partition coefficient (Wildman–Crippen LogP) is 0.534. The van der Waals surface area contributed by atoms with Crippen molar-refractivity contribution in [2.45, 2.75) is 19.5 Å². The van der Waals surface area contributed by atoms with Gasteiger partial charge in [-0.05, 0) is 6.92 Å². The summed E-state index contributed by atoms with van der Waals surface area (Å²) in [5.41, 5.74) is 0. The van der Waals surface area contributed by atoms with Gasteiger partial charge in [0.2, 0.25) is 0 Å². The molecule has 0 aromatic carbocycles. The van der Waals surface area contributed by atoms with Gasteiger partial charge >= 0.3 is 0 Å². The van der Waals surface area contributed by atoms with Crippen molar-refractivity contribution in [3.63, 3.8) is 0 Å². The summed E-state index contributed by atoms with van der Waals surface area (Å²) in [7, 11) is 1.70. The van der Waals surface area contributed by atoms with Crippen molar-refractivity contribution in [3.05, 3.63) is 18.2 Å². The summed E-state index contributed by atoms with van der Waals surface area (Å²) in [6, 6.07) is 0.361. The van der Waals surface area contributed by atoms with E-state index in [0.29, 0.717) is 6.04 Å². The lowest BCUT2D eigenvalue weighted by molar-refractivity contribution is 0.171. The van der Waals surface area contributed by atoms with Gasteiger partial charge in [-0.2, -0.15) is 0 Å². The number of imidazole rings is 1. The van der Waals surface area contributed by atoms with Gasteiger partial charge in [-0.3, -0.25) is 0 Å². The van der Waals surface area contributed by atoms with E-state index >= 15 is 0 Å². The number of rotatable bonds is 5. The van der Waals surface area contributed by atoms with Crippen LogP contribution in [0, 0.1) is 0 Å². The van der Waals surface area contributed by atoms with Gasteiger partial charge in [-0.1, -0.05) is 0 Å². The molecule has 1 atom stereocenters. The summed E-state index contributed by atoms with van der Waals surface area (Å²) >= 11 is 0. The van der Waals surface area contributed by atoms with E-state index in [4.69, 9.17) is 4.74 Å². The van der Waals surface area contributed by atoms with Crippen LogP contribution in [0.5, 0.6) is 0 Å². The average Bonchev–Trinajstić information content (AvgIpc) is 2.53. The highest BCUT2D eigenvalue weighted by Gasteiger charge is 2.00. The van der Waals surface area contributed by atoms with Crippen molar-refractivity contribution in [1.29, 1.82) is 0 Å². The summed E-state index contributed by atoms with van der Waals surface area (Å²) in [4.78, 5) is 7.11. The van der Waals surface area contributed by atoms with Crippen LogP contribution in [-0.4, -0.2) is 29.7 Å². The zero-order valence-corrected chi connectivity index (χ0v) is 7.50. The van der Waals surface area contributed by atoms with Crippen molar-refractivity contribution >= 4 is 0 Å². The first-order valence-electron chi connectivity index (χ1n) is 4.03. The fourth-order valence-corrected chi connectivity index (χ4v) is 0.974. The predicted molar refractivity (Wildman–Crippen MR) is 46.8 cm³/mol. The highest BCUT2D eigenvalue weighted by atomic mass is 16.5. The molecule has 0 spiro atoms. The van der Waals surface area contributed by atoms with E-state index in [1.807, 2.05) is 6.20 Å². The van der Waals surface area contributed by atoms with Gasteiger partial charge in [0.25, 0.3) is 0 Å². The maximum absolute atomic E-state index is 4.98. The molecule has 1 aromatic heterocycles. The Morgan fingerprint density at radius 1 is 1.75 bits per heavy atom. The van der Waals surface area contributed by atoms with E-state index in [-0.39, 0.29) is 0 Å². The zero-order valence-electron chi connectivity index (χ0n) is 7.50. The highest BCUT2D eigenvalue weighted by Crippen LogP contribution is 1.89. The molecular weight excluding hydrogens is 154 g/mol. The number of nitrogens with one attached hydrogen (secondary N) is 2. The molecule has 0 aliphatic carbocycles. The van der Waals surface area contributed by atoms with Gasteiger partial charge in [-0.15, -0.1) is 0 Å². The van der Waals surface area contributed by atoms with Gasteiger partial charge in [-0.25, -0.2) is 4.98 Å². The fraction of sp³-hybridized carbons (Fsp3) is 0.625. The third kappa shape index (κ3) is 3.02. The van der Waals surface area contributed by atoms with Gasteiger partial charge in [0.05, 0.1) is 13.2 Å². The Kier molecular flexibility index (Phi) is 3.76. The molecule has 0 amide bonds. The van der Waals surface area contributed by atoms with Crippen LogP contribution in [0.1, 0.15) is 12.7 Å². The topological polar surface area (TPSA) is 49.9 Å². The van der Waals surface area contributed by atoms with E-state index in [2.05, 4.69) is 22.2 Å². The molecule has 0 bridgehead atoms. The summed E-state index contributed by atoms with van der Waals surface area (Å²) in [6.45, 7) is 3.56. The molecule has 1 heterocycles. The number of hydrogen-bond donors (Lipinski definition) is 2. The van der Waals surface area contributed by atoms with E-state index < -0.39 is 0 Å². The summed E-state index contributed by atoms with van der Waals surface area (Å²) in [5.74, 6) is 0.956. The molecule has 68 valence electrons. The van der Waals surface area contributed by atoms with Crippen molar-refractivity contribution in [2.75, 3.05) is 13.7 Å². The second-order valence-electron chi connectivity index (χ2n) is 2.77. The largest absolute Gasteiger partial charge is 0.383 e. The number of ether oxygens (including phenoxy) is 1. The van der Waals surface area contributed by atoms with Crippen LogP contribution in [0.3, 0.4) is 0 Å². The lowest BCUT2D eigenvalue weighted by Gasteiger charge is -2.10. The van der Waals surface area contributed by atoms with Crippen LogP contribution in [0.4, 0.5) is 0 Å². The molecular formula is C8H15N3O. The maximum Gasteiger partial charge on any atom is 0.120 e. The minimum Gasteiger partial charge on any atom is -0.383 e. The van der Waals surface area contributed by atoms with Crippen LogP contribution in [0.15, 0.2) is 12.4 Å². The quantitative estimate of drug-likeness (QED) is 0.676. The number of methoxy groups -OCH3 is 1. The van der Waals surface area contributed by atoms with Crippen molar-refractivity contribution < 1.29 is 4.74 Å². The van der Waals surface area contributed by atoms with Gasteiger partial charge < -0.3 is 15.0 Å². The molecule has 0 saturated heterocycles. The molecule has 4 nitrogen and oxygen atoms in total. The molecule has 1 aromatic rings. The lowest BCUT2D eigenvalue weighted by atomic mass is 10.3. The summed E-state index contributed by atoms with van der Waals surface area (Å²) in [5, 5.41) is 3.27. The van der Waals surface area contributed by atoms with Crippen molar-refractivity contribution in [2.24, 2.45) is 0 Å². The molecule has 0 radical (unpaired) electrons. The fourth-order valence-electron chi connectivity index (χ4n) is 0.974. The Hall–Kier alpha value is -0.870. The first-order valence-corrected chi connectivity index (χ1v) is 4.03. The Balaban J connectivity index is 2.17. The minimum atomic E-state index is 0.361. The smallest absolute Gasteiger partial charge is 0.120 e. The number of H-pyrrole nitrogens is 1. The van der Waals surface area contributed by atoms with Crippen molar-refractivity contribution in [1.82, 2.24) is 15.3 Å². The first kappa shape index (κ1) is 9.22. The average molecular weight is 169 g/mol. The molecule has 1 rings (SSSR count). The summed E-state index contributed by atoms with van der Waals surface area (Å²) in [6.07, 6.45) is 3.57. The number of nitrogens with zero attached hydrogens (tertiary/aromatic N) is 1. The Labute approximate surface area is 72.3 Å².